The summed E-state index contributed by atoms with van der Waals surface area (Å²) >= 11 is 2.97. The molecule has 1 unspecified atom stereocenters. The molecule has 0 bridgehead atoms. The maximum Gasteiger partial charge on any atom is 0.422 e. The van der Waals surface area contributed by atoms with Gasteiger partial charge >= 0.3 is 6.18 Å². The van der Waals surface area contributed by atoms with Crippen LogP contribution in [0, 0.1) is 5.41 Å². The van der Waals surface area contributed by atoms with Gasteiger partial charge in [0.05, 0.1) is 10.2 Å². The molecule has 1 heterocycles. The monoisotopic (exact) mass is 475 g/mol. The summed E-state index contributed by atoms with van der Waals surface area (Å²) in [5.41, 5.74) is 3.74. The molecule has 0 saturated carbocycles. The number of rotatable bonds is 8. The summed E-state index contributed by atoms with van der Waals surface area (Å²) in [6, 6.07) is 0.991. The van der Waals surface area contributed by atoms with Crippen molar-refractivity contribution in [1.82, 2.24) is 4.98 Å². The molecule has 3 N–H and O–H groups in total. The van der Waals surface area contributed by atoms with Gasteiger partial charge in [-0.25, -0.2) is 8.42 Å². The standard InChI is InChI=1S/C14H17BrF3N3O5S/c1-13(12(19)21-23,7-27(2,24)25)4-10(22)9-3-11(8(15)5-20-9)26-6-14(16,17)18/h3,5,23H,4,6-7H2,1-2H3,(H2,19,21). The van der Waals surface area contributed by atoms with Crippen LogP contribution in [0.25, 0.3) is 0 Å². The number of Topliss-reactive ketones (excluding diaryl/α,β-unsaturated/α-hetero) is 1. The molecule has 1 rings (SSSR count). The topological polar surface area (TPSA) is 132 Å². The van der Waals surface area contributed by atoms with Crippen molar-refractivity contribution >= 4 is 37.4 Å². The van der Waals surface area contributed by atoms with Gasteiger partial charge in [-0.05, 0) is 15.9 Å². The van der Waals surface area contributed by atoms with Gasteiger partial charge in [-0.3, -0.25) is 9.78 Å². The number of nitrogens with two attached hydrogens (primary N) is 1. The molecule has 13 heteroatoms. The van der Waals surface area contributed by atoms with E-state index in [0.29, 0.717) is 0 Å². The third kappa shape index (κ3) is 7.33. The summed E-state index contributed by atoms with van der Waals surface area (Å²) in [5.74, 6) is -2.06. The van der Waals surface area contributed by atoms with Crippen LogP contribution >= 0.6 is 15.9 Å². The highest BCUT2D eigenvalue weighted by Gasteiger charge is 2.37. The Morgan fingerprint density at radius 2 is 2.04 bits per heavy atom. The molecule has 27 heavy (non-hydrogen) atoms. The maximum absolute atomic E-state index is 12.5. The minimum atomic E-state index is -4.58. The summed E-state index contributed by atoms with van der Waals surface area (Å²) in [7, 11) is -3.61. The van der Waals surface area contributed by atoms with Gasteiger partial charge in [0.15, 0.2) is 12.4 Å². The molecule has 152 valence electrons. The van der Waals surface area contributed by atoms with E-state index < -0.39 is 51.8 Å². The Morgan fingerprint density at radius 1 is 1.44 bits per heavy atom. The minimum Gasteiger partial charge on any atom is -0.483 e. The number of hydrogen-bond donors (Lipinski definition) is 2. The molecule has 0 radical (unpaired) electrons. The number of oxime groups is 1. The van der Waals surface area contributed by atoms with Gasteiger partial charge in [0.2, 0.25) is 0 Å². The minimum absolute atomic E-state index is 0.0960. The number of carbonyl (C=O) groups excluding carboxylic acids is 1. The lowest BCUT2D eigenvalue weighted by atomic mass is 9.85. The second-order valence-corrected chi connectivity index (χ2v) is 9.11. The molecule has 8 nitrogen and oxygen atoms in total. The summed E-state index contributed by atoms with van der Waals surface area (Å²) < 4.78 is 64.9. The Bertz CT molecular complexity index is 845. The molecular formula is C14H17BrF3N3O5S. The summed E-state index contributed by atoms with van der Waals surface area (Å²) in [6.45, 7) is -0.264. The van der Waals surface area contributed by atoms with E-state index in [-0.39, 0.29) is 15.9 Å². The average Bonchev–Trinajstić information content (AvgIpc) is 2.50. The molecule has 0 aliphatic carbocycles. The molecule has 0 aliphatic heterocycles. The highest BCUT2D eigenvalue weighted by Crippen LogP contribution is 2.30. The number of hydrogen-bond acceptors (Lipinski definition) is 7. The second kappa shape index (κ2) is 8.42. The van der Waals surface area contributed by atoms with Crippen LogP contribution < -0.4 is 10.5 Å². The van der Waals surface area contributed by atoms with E-state index in [4.69, 9.17) is 10.9 Å². The highest BCUT2D eigenvalue weighted by molar-refractivity contribution is 9.10. The Hall–Kier alpha value is -1.89. The van der Waals surface area contributed by atoms with Gasteiger partial charge in [0, 0.05) is 30.4 Å². The van der Waals surface area contributed by atoms with E-state index in [1.54, 1.807) is 0 Å². The zero-order chi connectivity index (χ0) is 21.0. The number of halogens is 4. The van der Waals surface area contributed by atoms with Crippen molar-refractivity contribution in [3.63, 3.8) is 0 Å². The number of alkyl halides is 3. The van der Waals surface area contributed by atoms with Crippen LogP contribution in [0.5, 0.6) is 5.75 Å². The van der Waals surface area contributed by atoms with Gasteiger partial charge in [0.1, 0.15) is 27.1 Å². The van der Waals surface area contributed by atoms with Crippen LogP contribution in [-0.2, 0) is 9.84 Å². The summed E-state index contributed by atoms with van der Waals surface area (Å²) in [5, 5.41) is 11.7. The van der Waals surface area contributed by atoms with Gasteiger partial charge in [0.25, 0.3) is 0 Å². The van der Waals surface area contributed by atoms with Crippen LogP contribution in [-0.4, -0.2) is 55.0 Å². The zero-order valence-corrected chi connectivity index (χ0v) is 16.7. The Morgan fingerprint density at radius 3 is 2.52 bits per heavy atom. The highest BCUT2D eigenvalue weighted by atomic mass is 79.9. The molecule has 0 amide bonds. The lowest BCUT2D eigenvalue weighted by Gasteiger charge is -2.26. The normalized spacial score (nSPS) is 15.3. The molecule has 0 aromatic carbocycles. The van der Waals surface area contributed by atoms with Crippen molar-refractivity contribution in [2.75, 3.05) is 18.6 Å². The van der Waals surface area contributed by atoms with Crippen molar-refractivity contribution < 1.29 is 36.3 Å². The molecule has 0 saturated heterocycles. The van der Waals surface area contributed by atoms with Crippen LogP contribution in [0.4, 0.5) is 13.2 Å². The second-order valence-electron chi connectivity index (χ2n) is 6.12. The van der Waals surface area contributed by atoms with Gasteiger partial charge in [-0.15, -0.1) is 0 Å². The van der Waals surface area contributed by atoms with E-state index in [9.17, 15) is 26.4 Å². The molecular weight excluding hydrogens is 459 g/mol. The van der Waals surface area contributed by atoms with Gasteiger partial charge in [-0.1, -0.05) is 12.1 Å². The first-order chi connectivity index (χ1) is 12.2. The summed E-state index contributed by atoms with van der Waals surface area (Å²) in [6.07, 6.45) is -3.09. The zero-order valence-electron chi connectivity index (χ0n) is 14.2. The van der Waals surface area contributed by atoms with Crippen molar-refractivity contribution in [2.24, 2.45) is 16.3 Å². The largest absolute Gasteiger partial charge is 0.483 e. The van der Waals surface area contributed by atoms with E-state index >= 15 is 0 Å². The molecule has 1 atom stereocenters. The van der Waals surface area contributed by atoms with E-state index in [2.05, 4.69) is 30.8 Å². The molecule has 0 spiro atoms. The lowest BCUT2D eigenvalue weighted by Crippen LogP contribution is -2.42. The third-order valence-electron chi connectivity index (χ3n) is 3.35. The average molecular weight is 476 g/mol. The Labute approximate surface area is 161 Å². The van der Waals surface area contributed by atoms with Crippen LogP contribution in [0.2, 0.25) is 0 Å². The third-order valence-corrected chi connectivity index (χ3v) is 5.11. The van der Waals surface area contributed by atoms with Crippen molar-refractivity contribution in [1.29, 1.82) is 0 Å². The van der Waals surface area contributed by atoms with Crippen molar-refractivity contribution in [2.45, 2.75) is 19.5 Å². The maximum atomic E-state index is 12.5. The molecule has 0 aliphatic rings. The number of nitrogens with zero attached hydrogens (tertiary/aromatic N) is 2. The van der Waals surface area contributed by atoms with Crippen LogP contribution in [0.1, 0.15) is 23.8 Å². The smallest absolute Gasteiger partial charge is 0.422 e. The van der Waals surface area contributed by atoms with Gasteiger partial charge < -0.3 is 15.7 Å². The fraction of sp³-hybridized carbons (Fsp3) is 0.500. The fourth-order valence-electron chi connectivity index (χ4n) is 2.20. The first kappa shape index (κ1) is 23.1. The SMILES string of the molecule is CC(CC(=O)c1cc(OCC(F)(F)F)c(Br)cn1)(CS(C)(=O)=O)/C(N)=N/O. The fourth-order valence-corrected chi connectivity index (χ4v) is 3.94. The molecule has 1 aromatic heterocycles. The molecule has 0 fully saturated rings. The number of carbonyl (C=O) groups is 1. The summed E-state index contributed by atoms with van der Waals surface area (Å²) in [4.78, 5) is 16.3. The predicted molar refractivity (Wildman–Crippen MR) is 93.7 cm³/mol. The van der Waals surface area contributed by atoms with Gasteiger partial charge in [-0.2, -0.15) is 13.2 Å². The number of ketones is 1. The first-order valence-corrected chi connectivity index (χ1v) is 10.1. The Kier molecular flexibility index (Phi) is 7.22. The van der Waals surface area contributed by atoms with E-state index in [0.717, 1.165) is 18.5 Å². The van der Waals surface area contributed by atoms with Crippen molar-refractivity contribution in [3.8, 4) is 5.75 Å². The quantitative estimate of drug-likeness (QED) is 0.193. The van der Waals surface area contributed by atoms with E-state index in [1.807, 2.05) is 0 Å². The number of pyridine rings is 1. The Balaban J connectivity index is 3.13. The number of amidine groups is 1. The predicted octanol–water partition coefficient (Wildman–Crippen LogP) is 2.16. The number of aromatic nitrogens is 1. The molecule has 1 aromatic rings. The van der Waals surface area contributed by atoms with Crippen LogP contribution in [0.15, 0.2) is 21.9 Å². The van der Waals surface area contributed by atoms with Crippen molar-refractivity contribution in [3.05, 3.63) is 22.4 Å². The first-order valence-electron chi connectivity index (χ1n) is 7.21. The van der Waals surface area contributed by atoms with Crippen LogP contribution in [0.3, 0.4) is 0 Å². The number of ether oxygens (including phenoxy) is 1. The number of sulfone groups is 1. The van der Waals surface area contributed by atoms with E-state index in [1.165, 1.54) is 6.92 Å². The lowest BCUT2D eigenvalue weighted by molar-refractivity contribution is -0.153.